The minimum atomic E-state index is -0.777. The number of aliphatic hydroxyl groups is 1. The van der Waals surface area contributed by atoms with E-state index in [-0.39, 0.29) is 11.7 Å². The van der Waals surface area contributed by atoms with Crippen LogP contribution in [0.1, 0.15) is 12.8 Å². The van der Waals surface area contributed by atoms with Crippen LogP contribution in [0.2, 0.25) is 5.15 Å². The van der Waals surface area contributed by atoms with Gasteiger partial charge in [0.05, 0.1) is 18.0 Å². The fourth-order valence-electron chi connectivity index (χ4n) is 2.98. The summed E-state index contributed by atoms with van der Waals surface area (Å²) < 4.78 is 0. The standard InChI is InChI=1S/C15H17ClN8O/c16-13-9(1-4-19-22-13)11-12-14(23-21-11)20-10(7-18-12)24-5-2-15(25,8-17)3-6-24/h1,4,7,25H,2-3,5-6,8,17H2,(H,20,21,23). The SMILES string of the molecule is NCC1(O)CCN(c2cnc3c(-c4ccnnc4Cl)n[nH]c3n2)CC1. The van der Waals surface area contributed by atoms with Crippen molar-refractivity contribution < 1.29 is 5.11 Å². The molecule has 1 aliphatic rings. The number of fused-ring (bicyclic) bond motifs is 1. The molecule has 3 aromatic heterocycles. The molecule has 1 fully saturated rings. The number of anilines is 1. The van der Waals surface area contributed by atoms with Gasteiger partial charge in [-0.2, -0.15) is 10.2 Å². The fourth-order valence-corrected chi connectivity index (χ4v) is 3.18. The van der Waals surface area contributed by atoms with E-state index in [1.165, 1.54) is 0 Å². The van der Waals surface area contributed by atoms with E-state index >= 15 is 0 Å². The van der Waals surface area contributed by atoms with Crippen molar-refractivity contribution in [2.24, 2.45) is 5.73 Å². The van der Waals surface area contributed by atoms with Gasteiger partial charge >= 0.3 is 0 Å². The second kappa shape index (κ2) is 6.17. The Balaban J connectivity index is 1.64. The summed E-state index contributed by atoms with van der Waals surface area (Å²) in [5.41, 5.74) is 7.28. The number of hydrogen-bond donors (Lipinski definition) is 3. The predicted octanol–water partition coefficient (Wildman–Crippen LogP) is 0.753. The van der Waals surface area contributed by atoms with Gasteiger partial charge in [-0.05, 0) is 18.9 Å². The zero-order chi connectivity index (χ0) is 17.4. The molecule has 10 heteroatoms. The second-order valence-corrected chi connectivity index (χ2v) is 6.51. The summed E-state index contributed by atoms with van der Waals surface area (Å²) in [7, 11) is 0. The van der Waals surface area contributed by atoms with Crippen LogP contribution < -0.4 is 10.6 Å². The van der Waals surface area contributed by atoms with Crippen molar-refractivity contribution in [3.63, 3.8) is 0 Å². The van der Waals surface area contributed by atoms with Crippen LogP contribution in [0, 0.1) is 0 Å². The Morgan fingerprint density at radius 2 is 2.16 bits per heavy atom. The van der Waals surface area contributed by atoms with Gasteiger partial charge in [-0.25, -0.2) is 9.97 Å². The molecule has 0 bridgehead atoms. The molecule has 4 N–H and O–H groups in total. The molecule has 0 aliphatic carbocycles. The zero-order valence-corrected chi connectivity index (χ0v) is 14.1. The summed E-state index contributed by atoms with van der Waals surface area (Å²) in [6.07, 6.45) is 4.47. The molecular formula is C15H17ClN8O. The van der Waals surface area contributed by atoms with E-state index in [4.69, 9.17) is 17.3 Å². The quantitative estimate of drug-likeness (QED) is 0.624. The zero-order valence-electron chi connectivity index (χ0n) is 13.4. The van der Waals surface area contributed by atoms with Crippen LogP contribution in [0.3, 0.4) is 0 Å². The maximum atomic E-state index is 10.2. The lowest BCUT2D eigenvalue weighted by molar-refractivity contribution is 0.0249. The van der Waals surface area contributed by atoms with Crippen LogP contribution in [0.4, 0.5) is 5.82 Å². The molecule has 130 valence electrons. The van der Waals surface area contributed by atoms with Gasteiger partial charge in [0, 0.05) is 25.2 Å². The molecule has 0 aromatic carbocycles. The minimum Gasteiger partial charge on any atom is -0.388 e. The van der Waals surface area contributed by atoms with Gasteiger partial charge in [-0.3, -0.25) is 5.10 Å². The van der Waals surface area contributed by atoms with E-state index in [9.17, 15) is 5.11 Å². The number of nitrogens with two attached hydrogens (primary N) is 1. The van der Waals surface area contributed by atoms with Gasteiger partial charge in [-0.15, -0.1) is 5.10 Å². The normalized spacial score (nSPS) is 17.2. The number of hydrogen-bond acceptors (Lipinski definition) is 8. The molecule has 0 unspecified atom stereocenters. The summed E-state index contributed by atoms with van der Waals surface area (Å²) >= 11 is 6.09. The van der Waals surface area contributed by atoms with Crippen molar-refractivity contribution in [1.29, 1.82) is 0 Å². The van der Waals surface area contributed by atoms with Gasteiger partial charge in [0.15, 0.2) is 10.8 Å². The predicted molar refractivity (Wildman–Crippen MR) is 93.2 cm³/mol. The Kier molecular flexibility index (Phi) is 3.98. The van der Waals surface area contributed by atoms with Crippen molar-refractivity contribution >= 4 is 28.6 Å². The third-order valence-corrected chi connectivity index (χ3v) is 4.87. The highest BCUT2D eigenvalue weighted by atomic mass is 35.5. The van der Waals surface area contributed by atoms with Gasteiger partial charge in [0.25, 0.3) is 0 Å². The molecule has 0 spiro atoms. The lowest BCUT2D eigenvalue weighted by atomic mass is 9.92. The lowest BCUT2D eigenvalue weighted by Gasteiger charge is -2.37. The minimum absolute atomic E-state index is 0.263. The van der Waals surface area contributed by atoms with Gasteiger partial charge in [0.2, 0.25) is 0 Å². The first-order valence-electron chi connectivity index (χ1n) is 7.96. The molecule has 25 heavy (non-hydrogen) atoms. The number of nitrogens with one attached hydrogen (secondary N) is 1. The van der Waals surface area contributed by atoms with Crippen molar-refractivity contribution in [2.45, 2.75) is 18.4 Å². The summed E-state index contributed by atoms with van der Waals surface area (Å²) in [5.74, 6) is 0.737. The average molecular weight is 361 g/mol. The summed E-state index contributed by atoms with van der Waals surface area (Å²) in [6, 6.07) is 1.73. The molecule has 3 aromatic rings. The van der Waals surface area contributed by atoms with Gasteiger partial charge in [0.1, 0.15) is 17.0 Å². The molecule has 1 aliphatic heterocycles. The smallest absolute Gasteiger partial charge is 0.177 e. The Labute approximate surface area is 148 Å². The number of nitrogens with zero attached hydrogens (tertiary/aromatic N) is 6. The molecule has 1 saturated heterocycles. The van der Waals surface area contributed by atoms with Gasteiger partial charge in [-0.1, -0.05) is 11.6 Å². The summed E-state index contributed by atoms with van der Waals surface area (Å²) in [6.45, 7) is 1.63. The van der Waals surface area contributed by atoms with E-state index in [1.807, 2.05) is 0 Å². The van der Waals surface area contributed by atoms with Crippen molar-refractivity contribution in [1.82, 2.24) is 30.4 Å². The second-order valence-electron chi connectivity index (χ2n) is 6.15. The Morgan fingerprint density at radius 1 is 1.36 bits per heavy atom. The highest BCUT2D eigenvalue weighted by Gasteiger charge is 2.31. The van der Waals surface area contributed by atoms with E-state index < -0.39 is 5.60 Å². The van der Waals surface area contributed by atoms with Crippen molar-refractivity contribution in [3.05, 3.63) is 23.6 Å². The number of rotatable bonds is 3. The highest BCUT2D eigenvalue weighted by molar-refractivity contribution is 6.32. The van der Waals surface area contributed by atoms with Crippen molar-refractivity contribution in [2.75, 3.05) is 24.5 Å². The lowest BCUT2D eigenvalue weighted by Crippen LogP contribution is -2.49. The Hall–Kier alpha value is -2.36. The monoisotopic (exact) mass is 360 g/mol. The number of aromatic amines is 1. The first kappa shape index (κ1) is 16.1. The first-order valence-corrected chi connectivity index (χ1v) is 8.33. The molecule has 4 heterocycles. The topological polar surface area (TPSA) is 130 Å². The van der Waals surface area contributed by atoms with Crippen LogP contribution in [-0.4, -0.2) is 60.7 Å². The molecule has 4 rings (SSSR count). The third kappa shape index (κ3) is 2.90. The van der Waals surface area contributed by atoms with Crippen LogP contribution in [0.5, 0.6) is 0 Å². The summed E-state index contributed by atoms with van der Waals surface area (Å²) in [4.78, 5) is 11.2. The van der Waals surface area contributed by atoms with E-state index in [1.54, 1.807) is 18.5 Å². The number of halogens is 1. The number of piperidine rings is 1. The van der Waals surface area contributed by atoms with E-state index in [0.717, 1.165) is 5.82 Å². The summed E-state index contributed by atoms with van der Waals surface area (Å²) in [5, 5.41) is 25.2. The highest BCUT2D eigenvalue weighted by Crippen LogP contribution is 2.30. The number of aromatic nitrogens is 6. The molecule has 0 radical (unpaired) electrons. The first-order chi connectivity index (χ1) is 12.1. The maximum Gasteiger partial charge on any atom is 0.177 e. The largest absolute Gasteiger partial charge is 0.388 e. The van der Waals surface area contributed by atoms with E-state index in [0.29, 0.717) is 48.4 Å². The van der Waals surface area contributed by atoms with Crippen LogP contribution >= 0.6 is 11.6 Å². The number of H-pyrrole nitrogens is 1. The Bertz CT molecular complexity index is 905. The van der Waals surface area contributed by atoms with Crippen LogP contribution in [0.25, 0.3) is 22.4 Å². The molecule has 9 nitrogen and oxygen atoms in total. The van der Waals surface area contributed by atoms with Crippen LogP contribution in [0.15, 0.2) is 18.5 Å². The third-order valence-electron chi connectivity index (χ3n) is 4.59. The van der Waals surface area contributed by atoms with Crippen molar-refractivity contribution in [3.8, 4) is 11.3 Å². The molecule has 0 saturated carbocycles. The fraction of sp³-hybridized carbons (Fsp3) is 0.400. The maximum absolute atomic E-state index is 10.2. The molecular weight excluding hydrogens is 344 g/mol. The Morgan fingerprint density at radius 3 is 2.88 bits per heavy atom. The molecule has 0 atom stereocenters. The van der Waals surface area contributed by atoms with E-state index in [2.05, 4.69) is 35.3 Å². The van der Waals surface area contributed by atoms with Crippen LogP contribution in [-0.2, 0) is 0 Å². The molecule has 0 amide bonds. The average Bonchev–Trinajstić information content (AvgIpc) is 3.06. The van der Waals surface area contributed by atoms with Gasteiger partial charge < -0.3 is 15.7 Å².